The van der Waals surface area contributed by atoms with Crippen molar-refractivity contribution < 1.29 is 14.0 Å². The molecular formula is C13H14N2O3. The van der Waals surface area contributed by atoms with E-state index in [2.05, 4.69) is 16.9 Å². The largest absolute Gasteiger partial charge is 0.459 e. The summed E-state index contributed by atoms with van der Waals surface area (Å²) >= 11 is 0. The van der Waals surface area contributed by atoms with Gasteiger partial charge >= 0.3 is 5.91 Å². The lowest BCUT2D eigenvalue weighted by Crippen LogP contribution is -2.42. The van der Waals surface area contributed by atoms with E-state index in [9.17, 15) is 9.59 Å². The zero-order chi connectivity index (χ0) is 13.0. The highest BCUT2D eigenvalue weighted by atomic mass is 16.3. The molecule has 0 aromatic carbocycles. The SMILES string of the molecule is CC1=CCC=C(C(=O)NNC(=O)c2ccco2)C1. The molecule has 0 saturated heterocycles. The molecule has 1 heterocycles. The van der Waals surface area contributed by atoms with Crippen LogP contribution >= 0.6 is 0 Å². The predicted octanol–water partition coefficient (Wildman–Crippen LogP) is 1.71. The minimum absolute atomic E-state index is 0.156. The number of hydrogen-bond donors (Lipinski definition) is 2. The number of nitrogens with one attached hydrogen (secondary N) is 2. The summed E-state index contributed by atoms with van der Waals surface area (Å²) in [7, 11) is 0. The number of furan rings is 1. The first-order chi connectivity index (χ1) is 8.66. The average molecular weight is 246 g/mol. The summed E-state index contributed by atoms with van der Waals surface area (Å²) in [5.41, 5.74) is 6.49. The minimum Gasteiger partial charge on any atom is -0.459 e. The zero-order valence-electron chi connectivity index (χ0n) is 10.0. The van der Waals surface area contributed by atoms with Crippen molar-refractivity contribution in [2.75, 3.05) is 0 Å². The fraction of sp³-hybridized carbons (Fsp3) is 0.231. The summed E-state index contributed by atoms with van der Waals surface area (Å²) < 4.78 is 4.90. The van der Waals surface area contributed by atoms with Crippen LogP contribution in [0, 0.1) is 0 Å². The fourth-order valence-corrected chi connectivity index (χ4v) is 1.68. The first kappa shape index (κ1) is 12.2. The number of amides is 2. The molecule has 0 atom stereocenters. The summed E-state index contributed by atoms with van der Waals surface area (Å²) in [6, 6.07) is 3.13. The van der Waals surface area contributed by atoms with Gasteiger partial charge in [0.1, 0.15) is 0 Å². The Morgan fingerprint density at radius 3 is 2.67 bits per heavy atom. The van der Waals surface area contributed by atoms with Crippen LogP contribution in [0.15, 0.2) is 46.1 Å². The molecule has 18 heavy (non-hydrogen) atoms. The van der Waals surface area contributed by atoms with Gasteiger partial charge in [-0.25, -0.2) is 0 Å². The first-order valence-corrected chi connectivity index (χ1v) is 5.65. The third-order valence-corrected chi connectivity index (χ3v) is 2.63. The summed E-state index contributed by atoms with van der Waals surface area (Å²) in [5, 5.41) is 0. The highest BCUT2D eigenvalue weighted by molar-refractivity contribution is 5.97. The van der Waals surface area contributed by atoms with Crippen LogP contribution in [-0.4, -0.2) is 11.8 Å². The first-order valence-electron chi connectivity index (χ1n) is 5.65. The van der Waals surface area contributed by atoms with Crippen molar-refractivity contribution >= 4 is 11.8 Å². The Hall–Kier alpha value is -2.30. The zero-order valence-corrected chi connectivity index (χ0v) is 10.0. The maximum absolute atomic E-state index is 11.8. The smallest absolute Gasteiger partial charge is 0.305 e. The van der Waals surface area contributed by atoms with Crippen LogP contribution < -0.4 is 10.9 Å². The van der Waals surface area contributed by atoms with Crippen molar-refractivity contribution in [1.29, 1.82) is 0 Å². The van der Waals surface area contributed by atoms with E-state index in [-0.39, 0.29) is 11.7 Å². The number of rotatable bonds is 2. The molecule has 5 nitrogen and oxygen atoms in total. The molecule has 1 aliphatic rings. The van der Waals surface area contributed by atoms with E-state index in [1.165, 1.54) is 12.3 Å². The fourth-order valence-electron chi connectivity index (χ4n) is 1.68. The average Bonchev–Trinajstić information content (AvgIpc) is 2.89. The van der Waals surface area contributed by atoms with Gasteiger partial charge in [0.2, 0.25) is 0 Å². The van der Waals surface area contributed by atoms with Gasteiger partial charge < -0.3 is 4.42 Å². The van der Waals surface area contributed by atoms with Crippen molar-refractivity contribution in [2.24, 2.45) is 0 Å². The van der Waals surface area contributed by atoms with Gasteiger partial charge in [-0.15, -0.1) is 0 Å². The van der Waals surface area contributed by atoms with E-state index >= 15 is 0 Å². The molecule has 0 spiro atoms. The summed E-state index contributed by atoms with van der Waals surface area (Å²) in [6.45, 7) is 1.97. The Morgan fingerprint density at radius 1 is 1.22 bits per heavy atom. The highest BCUT2D eigenvalue weighted by Gasteiger charge is 2.14. The van der Waals surface area contributed by atoms with Crippen LogP contribution in [-0.2, 0) is 4.79 Å². The molecule has 94 valence electrons. The summed E-state index contributed by atoms with van der Waals surface area (Å²) in [4.78, 5) is 23.3. The molecule has 0 fully saturated rings. The van der Waals surface area contributed by atoms with Crippen LogP contribution in [0.3, 0.4) is 0 Å². The van der Waals surface area contributed by atoms with E-state index in [0.29, 0.717) is 12.0 Å². The van der Waals surface area contributed by atoms with E-state index < -0.39 is 5.91 Å². The lowest BCUT2D eigenvalue weighted by atomic mass is 9.99. The predicted molar refractivity (Wildman–Crippen MR) is 65.4 cm³/mol. The van der Waals surface area contributed by atoms with Gasteiger partial charge in [-0.1, -0.05) is 17.7 Å². The van der Waals surface area contributed by atoms with Gasteiger partial charge in [-0.3, -0.25) is 20.4 Å². The van der Waals surface area contributed by atoms with Gasteiger partial charge in [0.15, 0.2) is 5.76 Å². The van der Waals surface area contributed by atoms with Gasteiger partial charge in [-0.2, -0.15) is 0 Å². The van der Waals surface area contributed by atoms with Crippen molar-refractivity contribution in [3.63, 3.8) is 0 Å². The molecule has 5 heteroatoms. The highest BCUT2D eigenvalue weighted by Crippen LogP contribution is 2.17. The Kier molecular flexibility index (Phi) is 3.62. The lowest BCUT2D eigenvalue weighted by Gasteiger charge is -2.12. The van der Waals surface area contributed by atoms with E-state index in [1.807, 2.05) is 13.0 Å². The van der Waals surface area contributed by atoms with Gasteiger partial charge in [0, 0.05) is 5.57 Å². The van der Waals surface area contributed by atoms with Crippen molar-refractivity contribution in [2.45, 2.75) is 19.8 Å². The van der Waals surface area contributed by atoms with Crippen LogP contribution in [0.25, 0.3) is 0 Å². The summed E-state index contributed by atoms with van der Waals surface area (Å²) in [6.07, 6.45) is 6.68. The lowest BCUT2D eigenvalue weighted by molar-refractivity contribution is -0.118. The second-order valence-electron chi connectivity index (χ2n) is 4.08. The second kappa shape index (κ2) is 5.35. The molecular weight excluding hydrogens is 232 g/mol. The third kappa shape index (κ3) is 2.88. The maximum Gasteiger partial charge on any atom is 0.305 e. The van der Waals surface area contributed by atoms with E-state index in [4.69, 9.17) is 4.42 Å². The molecule has 0 radical (unpaired) electrons. The molecule has 2 rings (SSSR count). The Labute approximate surface area is 105 Å². The second-order valence-corrected chi connectivity index (χ2v) is 4.08. The number of hydrazine groups is 1. The molecule has 2 N–H and O–H groups in total. The molecule has 1 aromatic heterocycles. The minimum atomic E-state index is -0.475. The molecule has 0 aliphatic heterocycles. The molecule has 1 aliphatic carbocycles. The van der Waals surface area contributed by atoms with Crippen LogP contribution in [0.5, 0.6) is 0 Å². The third-order valence-electron chi connectivity index (χ3n) is 2.63. The quantitative estimate of drug-likeness (QED) is 0.616. The van der Waals surface area contributed by atoms with E-state index in [0.717, 1.165) is 12.0 Å². The van der Waals surface area contributed by atoms with Crippen molar-refractivity contribution in [3.05, 3.63) is 47.5 Å². The molecule has 1 aromatic rings. The topological polar surface area (TPSA) is 71.3 Å². The van der Waals surface area contributed by atoms with Crippen LogP contribution in [0.1, 0.15) is 30.3 Å². The number of allylic oxidation sites excluding steroid dienone is 3. The Balaban J connectivity index is 1.86. The van der Waals surface area contributed by atoms with E-state index in [1.54, 1.807) is 6.07 Å². The van der Waals surface area contributed by atoms with Gasteiger partial charge in [-0.05, 0) is 31.9 Å². The van der Waals surface area contributed by atoms with Gasteiger partial charge in [0.25, 0.3) is 5.91 Å². The Morgan fingerprint density at radius 2 is 2.00 bits per heavy atom. The normalized spacial score (nSPS) is 14.5. The van der Waals surface area contributed by atoms with Crippen molar-refractivity contribution in [1.82, 2.24) is 10.9 Å². The monoisotopic (exact) mass is 246 g/mol. The Bertz CT molecular complexity index is 512. The molecule has 0 unspecified atom stereocenters. The maximum atomic E-state index is 11.8. The molecule has 2 amide bonds. The van der Waals surface area contributed by atoms with Crippen LogP contribution in [0.2, 0.25) is 0 Å². The standard InChI is InChI=1S/C13H14N2O3/c1-9-4-2-5-10(8-9)12(16)14-15-13(17)11-6-3-7-18-11/h3-7H,2,8H2,1H3,(H,14,16)(H,15,17). The van der Waals surface area contributed by atoms with Crippen LogP contribution in [0.4, 0.5) is 0 Å². The number of hydrogen-bond acceptors (Lipinski definition) is 3. The van der Waals surface area contributed by atoms with Gasteiger partial charge in [0.05, 0.1) is 6.26 Å². The number of carbonyl (C=O) groups excluding carboxylic acids is 2. The molecule has 0 bridgehead atoms. The molecule has 0 saturated carbocycles. The number of carbonyl (C=O) groups is 2. The van der Waals surface area contributed by atoms with Crippen molar-refractivity contribution in [3.8, 4) is 0 Å². The summed E-state index contributed by atoms with van der Waals surface area (Å²) in [5.74, 6) is -0.608.